The summed E-state index contributed by atoms with van der Waals surface area (Å²) in [5, 5.41) is 3.46. The van der Waals surface area contributed by atoms with Crippen LogP contribution in [-0.2, 0) is 0 Å². The second-order valence-corrected chi connectivity index (χ2v) is 7.09. The minimum Gasteiger partial charge on any atom is -0.397 e. The first kappa shape index (κ1) is 12.1. The minimum absolute atomic E-state index is 0.370. The lowest BCUT2D eigenvalue weighted by molar-refractivity contribution is 0.635. The van der Waals surface area contributed by atoms with Crippen LogP contribution in [0.3, 0.4) is 0 Å². The van der Waals surface area contributed by atoms with Crippen molar-refractivity contribution in [3.05, 3.63) is 22.7 Å². The first-order chi connectivity index (χ1) is 7.59. The van der Waals surface area contributed by atoms with Crippen LogP contribution >= 0.6 is 27.7 Å². The Balaban J connectivity index is 2.01. The Kier molecular flexibility index (Phi) is 3.70. The second kappa shape index (κ2) is 4.88. The molecule has 88 valence electrons. The molecule has 2 nitrogen and oxygen atoms in total. The highest BCUT2D eigenvalue weighted by Gasteiger charge is 2.29. The van der Waals surface area contributed by atoms with Crippen LogP contribution in [0, 0.1) is 0 Å². The molecule has 0 spiro atoms. The predicted molar refractivity (Wildman–Crippen MR) is 77.1 cm³/mol. The fraction of sp³-hybridized carbons (Fsp3) is 0.500. The summed E-state index contributed by atoms with van der Waals surface area (Å²) in [6, 6.07) is 5.93. The zero-order chi connectivity index (χ0) is 11.6. The normalized spacial score (nSPS) is 24.6. The summed E-state index contributed by atoms with van der Waals surface area (Å²) in [5.74, 6) is 1.28. The molecule has 1 aliphatic heterocycles. The summed E-state index contributed by atoms with van der Waals surface area (Å²) in [6.45, 7) is 3.31. The molecule has 0 aliphatic carbocycles. The van der Waals surface area contributed by atoms with Crippen molar-refractivity contribution < 1.29 is 0 Å². The van der Waals surface area contributed by atoms with Crippen molar-refractivity contribution in [1.29, 1.82) is 0 Å². The van der Waals surface area contributed by atoms with Gasteiger partial charge in [-0.25, -0.2) is 0 Å². The summed E-state index contributed by atoms with van der Waals surface area (Å²) >= 11 is 5.52. The monoisotopic (exact) mass is 300 g/mol. The van der Waals surface area contributed by atoms with E-state index in [0.29, 0.717) is 4.75 Å². The molecule has 0 bridgehead atoms. The van der Waals surface area contributed by atoms with Crippen LogP contribution in [0.1, 0.15) is 19.8 Å². The van der Waals surface area contributed by atoms with Gasteiger partial charge in [-0.15, -0.1) is 0 Å². The third-order valence-corrected chi connectivity index (χ3v) is 5.00. The van der Waals surface area contributed by atoms with Crippen molar-refractivity contribution in [2.75, 3.05) is 23.3 Å². The average molecular weight is 301 g/mol. The van der Waals surface area contributed by atoms with Crippen LogP contribution in [0.15, 0.2) is 22.7 Å². The first-order valence-corrected chi connectivity index (χ1v) is 7.30. The molecule has 1 aliphatic rings. The van der Waals surface area contributed by atoms with Crippen molar-refractivity contribution in [2.45, 2.75) is 24.5 Å². The van der Waals surface area contributed by atoms with Crippen molar-refractivity contribution in [3.8, 4) is 0 Å². The molecule has 2 rings (SSSR count). The van der Waals surface area contributed by atoms with Gasteiger partial charge in [0.05, 0.1) is 11.4 Å². The maximum atomic E-state index is 5.93. The van der Waals surface area contributed by atoms with Crippen molar-refractivity contribution in [1.82, 2.24) is 0 Å². The van der Waals surface area contributed by atoms with Gasteiger partial charge in [0.1, 0.15) is 0 Å². The Hall–Kier alpha value is -0.350. The lowest BCUT2D eigenvalue weighted by Gasteiger charge is -2.24. The number of nitrogen functional groups attached to an aromatic ring is 1. The third-order valence-electron chi connectivity index (χ3n) is 2.97. The van der Waals surface area contributed by atoms with E-state index in [0.717, 1.165) is 22.4 Å². The van der Waals surface area contributed by atoms with Gasteiger partial charge in [0.15, 0.2) is 0 Å². The lowest BCUT2D eigenvalue weighted by atomic mass is 10.1. The molecule has 16 heavy (non-hydrogen) atoms. The lowest BCUT2D eigenvalue weighted by Crippen LogP contribution is -2.27. The molecular formula is C12H17BrN2S. The summed E-state index contributed by atoms with van der Waals surface area (Å²) < 4.78 is 1.43. The Morgan fingerprint density at radius 2 is 2.38 bits per heavy atom. The number of hydrogen-bond donors (Lipinski definition) is 2. The Labute approximate surface area is 109 Å². The molecule has 1 unspecified atom stereocenters. The van der Waals surface area contributed by atoms with Crippen LogP contribution in [0.4, 0.5) is 11.4 Å². The molecular weight excluding hydrogens is 284 g/mol. The highest BCUT2D eigenvalue weighted by Crippen LogP contribution is 2.38. The van der Waals surface area contributed by atoms with E-state index in [-0.39, 0.29) is 0 Å². The SMILES string of the molecule is CC1(CNc2cc(Br)ccc2N)CCCS1. The maximum Gasteiger partial charge on any atom is 0.0585 e. The number of nitrogens with one attached hydrogen (secondary N) is 1. The van der Waals surface area contributed by atoms with Gasteiger partial charge in [-0.3, -0.25) is 0 Å². The van der Waals surface area contributed by atoms with Crippen LogP contribution in [0.5, 0.6) is 0 Å². The quantitative estimate of drug-likeness (QED) is 0.836. The molecule has 1 heterocycles. The van der Waals surface area contributed by atoms with Gasteiger partial charge >= 0.3 is 0 Å². The van der Waals surface area contributed by atoms with Crippen LogP contribution in [0.2, 0.25) is 0 Å². The Bertz CT molecular complexity index is 375. The summed E-state index contributed by atoms with van der Waals surface area (Å²) in [6.07, 6.45) is 2.62. The maximum absolute atomic E-state index is 5.93. The zero-order valence-electron chi connectivity index (χ0n) is 9.42. The Morgan fingerprint density at radius 3 is 3.06 bits per heavy atom. The molecule has 0 aromatic heterocycles. The van der Waals surface area contributed by atoms with Gasteiger partial charge in [0.25, 0.3) is 0 Å². The fourth-order valence-electron chi connectivity index (χ4n) is 1.94. The molecule has 1 aromatic carbocycles. The van der Waals surface area contributed by atoms with E-state index in [1.807, 2.05) is 18.2 Å². The van der Waals surface area contributed by atoms with E-state index >= 15 is 0 Å². The van der Waals surface area contributed by atoms with E-state index in [4.69, 9.17) is 5.73 Å². The third kappa shape index (κ3) is 2.86. The number of hydrogen-bond acceptors (Lipinski definition) is 3. The van der Waals surface area contributed by atoms with Crippen molar-refractivity contribution >= 4 is 39.1 Å². The molecule has 0 radical (unpaired) electrons. The first-order valence-electron chi connectivity index (χ1n) is 5.52. The number of anilines is 2. The molecule has 1 saturated heterocycles. The van der Waals surface area contributed by atoms with E-state index in [2.05, 4.69) is 39.9 Å². The predicted octanol–water partition coefficient (Wildman–Crippen LogP) is 3.73. The number of benzene rings is 1. The summed E-state index contributed by atoms with van der Waals surface area (Å²) in [7, 11) is 0. The standard InChI is InChI=1S/C12H17BrN2S/c1-12(5-2-6-16-12)8-15-11-7-9(13)3-4-10(11)14/h3-4,7,15H,2,5-6,8,14H2,1H3. The van der Waals surface area contributed by atoms with Crippen molar-refractivity contribution in [3.63, 3.8) is 0 Å². The van der Waals surface area contributed by atoms with E-state index < -0.39 is 0 Å². The van der Waals surface area contributed by atoms with E-state index in [1.54, 1.807) is 0 Å². The number of thioether (sulfide) groups is 1. The molecule has 4 heteroatoms. The van der Waals surface area contributed by atoms with Gasteiger partial charge in [0, 0.05) is 15.8 Å². The average Bonchev–Trinajstić information content (AvgIpc) is 2.67. The zero-order valence-corrected chi connectivity index (χ0v) is 11.8. The Morgan fingerprint density at radius 1 is 1.56 bits per heavy atom. The van der Waals surface area contributed by atoms with E-state index in [9.17, 15) is 0 Å². The van der Waals surface area contributed by atoms with Crippen LogP contribution in [0.25, 0.3) is 0 Å². The summed E-state index contributed by atoms with van der Waals surface area (Å²) in [4.78, 5) is 0. The molecule has 1 atom stereocenters. The molecule has 0 amide bonds. The fourth-order valence-corrected chi connectivity index (χ4v) is 3.55. The molecule has 0 saturated carbocycles. The highest BCUT2D eigenvalue weighted by molar-refractivity contribution is 9.10. The highest BCUT2D eigenvalue weighted by atomic mass is 79.9. The molecule has 3 N–H and O–H groups in total. The van der Waals surface area contributed by atoms with Gasteiger partial charge in [-0.1, -0.05) is 15.9 Å². The molecule has 1 aromatic rings. The number of halogens is 1. The van der Waals surface area contributed by atoms with Gasteiger partial charge < -0.3 is 11.1 Å². The number of nitrogens with two attached hydrogens (primary N) is 1. The van der Waals surface area contributed by atoms with Gasteiger partial charge in [-0.2, -0.15) is 11.8 Å². The van der Waals surface area contributed by atoms with Crippen molar-refractivity contribution in [2.24, 2.45) is 0 Å². The summed E-state index contributed by atoms with van der Waals surface area (Å²) in [5.41, 5.74) is 7.77. The second-order valence-electron chi connectivity index (χ2n) is 4.49. The smallest absolute Gasteiger partial charge is 0.0585 e. The van der Waals surface area contributed by atoms with Crippen LogP contribution < -0.4 is 11.1 Å². The van der Waals surface area contributed by atoms with Crippen LogP contribution in [-0.4, -0.2) is 17.0 Å². The van der Waals surface area contributed by atoms with E-state index in [1.165, 1.54) is 18.6 Å². The molecule has 1 fully saturated rings. The minimum atomic E-state index is 0.370. The largest absolute Gasteiger partial charge is 0.397 e. The topological polar surface area (TPSA) is 38.0 Å². The van der Waals surface area contributed by atoms with Gasteiger partial charge in [0.2, 0.25) is 0 Å². The number of rotatable bonds is 3. The van der Waals surface area contributed by atoms with Gasteiger partial charge in [-0.05, 0) is 43.7 Å².